The molecule has 1 heterocycles. The first kappa shape index (κ1) is 15.6. The van der Waals surface area contributed by atoms with E-state index in [1.54, 1.807) is 22.3 Å². The highest BCUT2D eigenvalue weighted by atomic mass is 127. The average Bonchev–Trinajstić information content (AvgIpc) is 2.30. The third kappa shape index (κ3) is 4.62. The first-order valence-electron chi connectivity index (χ1n) is 5.49. The lowest BCUT2D eigenvalue weighted by Gasteiger charge is -2.31. The van der Waals surface area contributed by atoms with Crippen LogP contribution in [0.2, 0.25) is 0 Å². The zero-order chi connectivity index (χ0) is 14.5. The van der Waals surface area contributed by atoms with Crippen LogP contribution in [0.4, 0.5) is 0 Å². The largest absolute Gasteiger partial charge is 0.422 e. The van der Waals surface area contributed by atoms with Crippen molar-refractivity contribution in [1.29, 1.82) is 0 Å². The van der Waals surface area contributed by atoms with Gasteiger partial charge in [-0.15, -0.1) is 0 Å². The van der Waals surface area contributed by atoms with Crippen molar-refractivity contribution >= 4 is 40.7 Å². The molecule has 1 aliphatic heterocycles. The Hall–Kier alpha value is -1.44. The zero-order valence-corrected chi connectivity index (χ0v) is 12.8. The number of hydrogen-bond acceptors (Lipinski definition) is 5. The number of allylic oxidation sites excluding steroid dienone is 3. The van der Waals surface area contributed by atoms with Crippen molar-refractivity contribution in [3.63, 3.8) is 0 Å². The molecule has 1 aliphatic rings. The van der Waals surface area contributed by atoms with E-state index in [2.05, 4.69) is 11.6 Å². The molecule has 0 bridgehead atoms. The third-order valence-electron chi connectivity index (χ3n) is 2.09. The summed E-state index contributed by atoms with van der Waals surface area (Å²) >= 11 is 2.01. The van der Waals surface area contributed by atoms with E-state index in [4.69, 9.17) is 9.47 Å². The normalized spacial score (nSPS) is 20.7. The summed E-state index contributed by atoms with van der Waals surface area (Å²) in [5, 5.41) is 0. The molecule has 5 nitrogen and oxygen atoms in total. The number of rotatable bonds is 4. The van der Waals surface area contributed by atoms with E-state index in [-0.39, 0.29) is 0 Å². The molecule has 102 valence electrons. The van der Waals surface area contributed by atoms with Crippen LogP contribution in [0.15, 0.2) is 39.6 Å². The van der Waals surface area contributed by atoms with E-state index in [9.17, 15) is 9.59 Å². The highest BCUT2D eigenvalue weighted by molar-refractivity contribution is 14.1. The number of aliphatic imine (C=N–C) groups is 1. The summed E-state index contributed by atoms with van der Waals surface area (Å²) in [5.41, 5.74) is 0.589. The molecule has 0 amide bonds. The molecular formula is C13H14INO4. The summed E-state index contributed by atoms with van der Waals surface area (Å²) < 4.78 is 11.7. The molecule has 1 rings (SSSR count). The molecule has 1 saturated heterocycles. The topological polar surface area (TPSA) is 65.0 Å². The monoisotopic (exact) mass is 375 g/mol. The smallest absolute Gasteiger partial charge is 0.329 e. The van der Waals surface area contributed by atoms with Crippen LogP contribution in [0.3, 0.4) is 0 Å². The maximum Gasteiger partial charge on any atom is 0.329 e. The summed E-state index contributed by atoms with van der Waals surface area (Å²) in [6, 6.07) is 0. The van der Waals surface area contributed by atoms with Crippen molar-refractivity contribution in [3.05, 3.63) is 34.6 Å². The molecule has 0 aromatic heterocycles. The van der Waals surface area contributed by atoms with Crippen LogP contribution in [0.25, 0.3) is 0 Å². The minimum atomic E-state index is -1.22. The molecular weight excluding hydrogens is 361 g/mol. The molecule has 0 aromatic carbocycles. The summed E-state index contributed by atoms with van der Waals surface area (Å²) in [7, 11) is 0. The summed E-state index contributed by atoms with van der Waals surface area (Å²) in [6.45, 7) is 6.54. The first-order valence-corrected chi connectivity index (χ1v) is 6.73. The standard InChI is InChI=1S/C13H14INO4/c1-4-5-6-9(7-14)15-8-10-11(16)18-13(2,3)19-12(10)17/h4-8,10H,1H2,2-3H3/b6-5-,9-7+,15-8?. The van der Waals surface area contributed by atoms with Gasteiger partial charge in [0.2, 0.25) is 0 Å². The minimum absolute atomic E-state index is 0.589. The van der Waals surface area contributed by atoms with Crippen LogP contribution in [-0.2, 0) is 19.1 Å². The van der Waals surface area contributed by atoms with E-state index >= 15 is 0 Å². The van der Waals surface area contributed by atoms with Crippen molar-refractivity contribution in [2.45, 2.75) is 19.6 Å². The fraction of sp³-hybridized carbons (Fsp3) is 0.308. The molecule has 0 radical (unpaired) electrons. The Labute approximate surface area is 125 Å². The maximum atomic E-state index is 11.7. The Kier molecular flexibility index (Phi) is 5.46. The van der Waals surface area contributed by atoms with E-state index < -0.39 is 23.6 Å². The number of esters is 2. The molecule has 0 atom stereocenters. The number of hydrogen-bond donors (Lipinski definition) is 0. The first-order chi connectivity index (χ1) is 8.89. The Balaban J connectivity index is 2.82. The lowest BCUT2D eigenvalue weighted by atomic mass is 10.1. The zero-order valence-electron chi connectivity index (χ0n) is 10.6. The van der Waals surface area contributed by atoms with Gasteiger partial charge in [0.15, 0.2) is 5.92 Å². The second-order valence-electron chi connectivity index (χ2n) is 4.13. The van der Waals surface area contributed by atoms with Crippen molar-refractivity contribution in [1.82, 2.24) is 0 Å². The van der Waals surface area contributed by atoms with Gasteiger partial charge in [0.1, 0.15) is 0 Å². The van der Waals surface area contributed by atoms with E-state index in [1.165, 1.54) is 20.1 Å². The van der Waals surface area contributed by atoms with E-state index in [0.717, 1.165) is 0 Å². The maximum absolute atomic E-state index is 11.7. The number of nitrogens with zero attached hydrogens (tertiary/aromatic N) is 1. The lowest BCUT2D eigenvalue weighted by Crippen LogP contribution is -2.46. The average molecular weight is 375 g/mol. The fourth-order valence-corrected chi connectivity index (χ4v) is 1.65. The van der Waals surface area contributed by atoms with Crippen molar-refractivity contribution in [3.8, 4) is 0 Å². The van der Waals surface area contributed by atoms with Crippen LogP contribution < -0.4 is 0 Å². The van der Waals surface area contributed by atoms with Crippen molar-refractivity contribution in [2.24, 2.45) is 10.9 Å². The molecule has 0 unspecified atom stereocenters. The number of cyclic esters (lactones) is 2. The van der Waals surface area contributed by atoms with E-state index in [0.29, 0.717) is 5.70 Å². The van der Waals surface area contributed by atoms with Gasteiger partial charge in [0, 0.05) is 24.1 Å². The highest BCUT2D eigenvalue weighted by Gasteiger charge is 2.42. The molecule has 0 aromatic rings. The van der Waals surface area contributed by atoms with Gasteiger partial charge < -0.3 is 9.47 Å². The van der Waals surface area contributed by atoms with Gasteiger partial charge >= 0.3 is 11.9 Å². The number of carbonyl (C=O) groups excluding carboxylic acids is 2. The van der Waals surface area contributed by atoms with Gasteiger partial charge in [0.05, 0.1) is 5.70 Å². The predicted molar refractivity (Wildman–Crippen MR) is 79.7 cm³/mol. The molecule has 0 saturated carbocycles. The van der Waals surface area contributed by atoms with Crippen LogP contribution in [0.5, 0.6) is 0 Å². The van der Waals surface area contributed by atoms with Crippen LogP contribution >= 0.6 is 22.6 Å². The quantitative estimate of drug-likeness (QED) is 0.249. The Bertz CT molecular complexity index is 457. The van der Waals surface area contributed by atoms with Gasteiger partial charge in [-0.3, -0.25) is 14.6 Å². The SMILES string of the molecule is C=C/C=C\C(=C/I)N=CC1C(=O)OC(C)(C)OC1=O. The summed E-state index contributed by atoms with van der Waals surface area (Å²) in [5.74, 6) is -3.67. The summed E-state index contributed by atoms with van der Waals surface area (Å²) in [6.07, 6.45) is 6.21. The predicted octanol–water partition coefficient (Wildman–Crippen LogP) is 2.53. The molecule has 0 aliphatic carbocycles. The van der Waals surface area contributed by atoms with Crippen molar-refractivity contribution < 1.29 is 19.1 Å². The molecule has 0 spiro atoms. The molecule has 0 N–H and O–H groups in total. The van der Waals surface area contributed by atoms with Gasteiger partial charge in [-0.2, -0.15) is 0 Å². The number of ether oxygens (including phenoxy) is 2. The van der Waals surface area contributed by atoms with Crippen LogP contribution in [-0.4, -0.2) is 23.9 Å². The van der Waals surface area contributed by atoms with Gasteiger partial charge in [-0.1, -0.05) is 41.3 Å². The molecule has 19 heavy (non-hydrogen) atoms. The second kappa shape index (κ2) is 6.65. The Morgan fingerprint density at radius 2 is 1.95 bits per heavy atom. The Morgan fingerprint density at radius 1 is 1.37 bits per heavy atom. The summed E-state index contributed by atoms with van der Waals surface area (Å²) in [4.78, 5) is 27.4. The van der Waals surface area contributed by atoms with Gasteiger partial charge in [-0.05, 0) is 6.08 Å². The van der Waals surface area contributed by atoms with Gasteiger partial charge in [0.25, 0.3) is 5.79 Å². The molecule has 1 fully saturated rings. The fourth-order valence-electron chi connectivity index (χ4n) is 1.29. The molecule has 6 heteroatoms. The number of carbonyl (C=O) groups is 2. The second-order valence-corrected chi connectivity index (χ2v) is 4.75. The van der Waals surface area contributed by atoms with Crippen LogP contribution in [0.1, 0.15) is 13.8 Å². The number of halogens is 1. The lowest BCUT2D eigenvalue weighted by molar-refractivity contribution is -0.235. The minimum Gasteiger partial charge on any atom is -0.422 e. The van der Waals surface area contributed by atoms with Crippen molar-refractivity contribution in [2.75, 3.05) is 0 Å². The van der Waals surface area contributed by atoms with Gasteiger partial charge in [-0.25, -0.2) is 0 Å². The third-order valence-corrected chi connectivity index (χ3v) is 2.73. The van der Waals surface area contributed by atoms with Crippen LogP contribution in [0, 0.1) is 5.92 Å². The Morgan fingerprint density at radius 3 is 2.42 bits per heavy atom. The van der Waals surface area contributed by atoms with E-state index in [1.807, 2.05) is 22.6 Å². The highest BCUT2D eigenvalue weighted by Crippen LogP contribution is 2.22.